The predicted molar refractivity (Wildman–Crippen MR) is 76.1 cm³/mol. The molecule has 0 saturated carbocycles. The van der Waals surface area contributed by atoms with Gasteiger partial charge in [0.2, 0.25) is 0 Å². The van der Waals surface area contributed by atoms with Crippen LogP contribution in [0.15, 0.2) is 16.7 Å². The molecule has 0 saturated heterocycles. The van der Waals surface area contributed by atoms with Gasteiger partial charge in [-0.3, -0.25) is 0 Å². The van der Waals surface area contributed by atoms with Gasteiger partial charge in [0.25, 0.3) is 0 Å². The minimum absolute atomic E-state index is 0.103. The van der Waals surface area contributed by atoms with Gasteiger partial charge in [-0.2, -0.15) is 0 Å². The molecule has 1 rings (SSSR count). The highest BCUT2D eigenvalue weighted by Crippen LogP contribution is 2.12. The smallest absolute Gasteiger partial charge is 0.123 e. The summed E-state index contributed by atoms with van der Waals surface area (Å²) in [4.78, 5) is 0. The molecule has 0 aliphatic rings. The highest BCUT2D eigenvalue weighted by atomic mass is 16.5. The Bertz CT molecular complexity index is 341. The summed E-state index contributed by atoms with van der Waals surface area (Å²) in [5.41, 5.74) is 1.01. The van der Waals surface area contributed by atoms with E-state index in [9.17, 15) is 0 Å². The van der Waals surface area contributed by atoms with Crippen LogP contribution in [0, 0.1) is 0 Å². The second-order valence-corrected chi connectivity index (χ2v) is 5.56. The number of ether oxygens (including phenoxy) is 2. The Morgan fingerprint density at radius 2 is 2.05 bits per heavy atom. The Hall–Kier alpha value is -0.840. The molecule has 1 aromatic heterocycles. The molecule has 0 bridgehead atoms. The van der Waals surface area contributed by atoms with Gasteiger partial charge in [-0.25, -0.2) is 0 Å². The third-order valence-electron chi connectivity index (χ3n) is 2.57. The van der Waals surface area contributed by atoms with E-state index in [1.807, 2.05) is 26.8 Å². The second-order valence-electron chi connectivity index (χ2n) is 5.56. The van der Waals surface area contributed by atoms with Crippen LogP contribution in [0.5, 0.6) is 0 Å². The Kier molecular flexibility index (Phi) is 7.13. The Balaban J connectivity index is 2.20. The van der Waals surface area contributed by atoms with Crippen LogP contribution in [-0.4, -0.2) is 25.4 Å². The maximum absolute atomic E-state index is 5.61. The molecule has 110 valence electrons. The summed E-state index contributed by atoms with van der Waals surface area (Å²) in [6, 6.07) is 1.97. The number of hydrogen-bond donors (Lipinski definition) is 1. The first-order valence-electron chi connectivity index (χ1n) is 7.00. The van der Waals surface area contributed by atoms with Crippen LogP contribution in [0.3, 0.4) is 0 Å². The van der Waals surface area contributed by atoms with E-state index in [1.54, 1.807) is 6.26 Å². The van der Waals surface area contributed by atoms with E-state index in [0.29, 0.717) is 19.8 Å². The Morgan fingerprint density at radius 3 is 2.74 bits per heavy atom. The van der Waals surface area contributed by atoms with Crippen molar-refractivity contribution in [3.63, 3.8) is 0 Å². The summed E-state index contributed by atoms with van der Waals surface area (Å²) in [5, 5.41) is 3.33. The minimum Gasteiger partial charge on any atom is -0.468 e. The molecule has 4 nitrogen and oxygen atoms in total. The van der Waals surface area contributed by atoms with E-state index in [-0.39, 0.29) is 5.60 Å². The molecular formula is C15H27NO3. The molecular weight excluding hydrogens is 242 g/mol. The van der Waals surface area contributed by atoms with Crippen LogP contribution in [-0.2, 0) is 22.6 Å². The van der Waals surface area contributed by atoms with Crippen LogP contribution in [0.1, 0.15) is 45.4 Å². The molecule has 0 aromatic carbocycles. The average Bonchev–Trinajstić information content (AvgIpc) is 2.75. The minimum atomic E-state index is -0.103. The van der Waals surface area contributed by atoms with E-state index in [1.165, 1.54) is 0 Å². The largest absolute Gasteiger partial charge is 0.468 e. The third-order valence-corrected chi connectivity index (χ3v) is 2.57. The SMILES string of the molecule is CCCNCc1occc1COCCOC(C)(C)C. The van der Waals surface area contributed by atoms with E-state index < -0.39 is 0 Å². The van der Waals surface area contributed by atoms with E-state index in [0.717, 1.165) is 30.8 Å². The van der Waals surface area contributed by atoms with Crippen molar-refractivity contribution in [1.82, 2.24) is 5.32 Å². The van der Waals surface area contributed by atoms with Crippen molar-refractivity contribution in [2.75, 3.05) is 19.8 Å². The zero-order chi connectivity index (χ0) is 14.1. The number of rotatable bonds is 9. The lowest BCUT2D eigenvalue weighted by atomic mass is 10.2. The van der Waals surface area contributed by atoms with Crippen molar-refractivity contribution in [3.05, 3.63) is 23.7 Å². The molecule has 0 radical (unpaired) electrons. The first-order chi connectivity index (χ1) is 9.03. The Labute approximate surface area is 116 Å². The highest BCUT2D eigenvalue weighted by Gasteiger charge is 2.10. The molecule has 0 aliphatic heterocycles. The summed E-state index contributed by atoms with van der Waals surface area (Å²) in [5.74, 6) is 0.963. The van der Waals surface area contributed by atoms with Crippen LogP contribution in [0.25, 0.3) is 0 Å². The van der Waals surface area contributed by atoms with Gasteiger partial charge in [0, 0.05) is 5.56 Å². The lowest BCUT2D eigenvalue weighted by molar-refractivity contribution is -0.0378. The lowest BCUT2D eigenvalue weighted by Crippen LogP contribution is -2.21. The summed E-state index contributed by atoms with van der Waals surface area (Å²) >= 11 is 0. The van der Waals surface area contributed by atoms with Crippen molar-refractivity contribution in [3.8, 4) is 0 Å². The highest BCUT2D eigenvalue weighted by molar-refractivity contribution is 5.15. The first-order valence-corrected chi connectivity index (χ1v) is 7.00. The summed E-state index contributed by atoms with van der Waals surface area (Å²) in [6.45, 7) is 11.8. The van der Waals surface area contributed by atoms with Crippen LogP contribution in [0.4, 0.5) is 0 Å². The molecule has 19 heavy (non-hydrogen) atoms. The molecule has 0 fully saturated rings. The Morgan fingerprint density at radius 1 is 1.26 bits per heavy atom. The van der Waals surface area contributed by atoms with E-state index in [4.69, 9.17) is 13.9 Å². The molecule has 0 amide bonds. The van der Waals surface area contributed by atoms with Crippen LogP contribution in [0.2, 0.25) is 0 Å². The van der Waals surface area contributed by atoms with Gasteiger partial charge < -0.3 is 19.2 Å². The van der Waals surface area contributed by atoms with Crippen molar-refractivity contribution in [1.29, 1.82) is 0 Å². The lowest BCUT2D eigenvalue weighted by Gasteiger charge is -2.19. The number of nitrogens with one attached hydrogen (secondary N) is 1. The molecule has 1 aromatic rings. The monoisotopic (exact) mass is 269 g/mol. The van der Waals surface area contributed by atoms with Gasteiger partial charge in [0.15, 0.2) is 0 Å². The normalized spacial score (nSPS) is 12.0. The fourth-order valence-electron chi connectivity index (χ4n) is 1.62. The van der Waals surface area contributed by atoms with E-state index in [2.05, 4.69) is 12.2 Å². The molecule has 0 atom stereocenters. The van der Waals surface area contributed by atoms with Gasteiger partial charge >= 0.3 is 0 Å². The average molecular weight is 269 g/mol. The van der Waals surface area contributed by atoms with Crippen molar-refractivity contribution >= 4 is 0 Å². The quantitative estimate of drug-likeness (QED) is 0.700. The third kappa shape index (κ3) is 7.35. The fraction of sp³-hybridized carbons (Fsp3) is 0.733. The first kappa shape index (κ1) is 16.2. The standard InChI is InChI=1S/C15H27NO3/c1-5-7-16-11-14-13(6-8-18-14)12-17-9-10-19-15(2,3)4/h6,8,16H,5,7,9-12H2,1-4H3. The molecule has 1 heterocycles. The molecule has 4 heteroatoms. The van der Waals surface area contributed by atoms with Crippen molar-refractivity contribution in [2.24, 2.45) is 0 Å². The summed E-state index contributed by atoms with van der Waals surface area (Å²) in [7, 11) is 0. The van der Waals surface area contributed by atoms with Gasteiger partial charge in [0.1, 0.15) is 5.76 Å². The predicted octanol–water partition coefficient (Wildman–Crippen LogP) is 3.11. The molecule has 0 aliphatic carbocycles. The molecule has 1 N–H and O–H groups in total. The summed E-state index contributed by atoms with van der Waals surface area (Å²) < 4.78 is 16.7. The topological polar surface area (TPSA) is 43.6 Å². The zero-order valence-corrected chi connectivity index (χ0v) is 12.6. The van der Waals surface area contributed by atoms with Gasteiger partial charge in [-0.1, -0.05) is 6.92 Å². The number of hydrogen-bond acceptors (Lipinski definition) is 4. The van der Waals surface area contributed by atoms with Gasteiger partial charge in [0.05, 0.1) is 38.2 Å². The molecule has 0 unspecified atom stereocenters. The van der Waals surface area contributed by atoms with Gasteiger partial charge in [-0.05, 0) is 39.8 Å². The second kappa shape index (κ2) is 8.35. The van der Waals surface area contributed by atoms with Crippen LogP contribution >= 0.6 is 0 Å². The van der Waals surface area contributed by atoms with Crippen molar-refractivity contribution < 1.29 is 13.9 Å². The maximum Gasteiger partial charge on any atom is 0.123 e. The van der Waals surface area contributed by atoms with Crippen LogP contribution < -0.4 is 5.32 Å². The maximum atomic E-state index is 5.61. The fourth-order valence-corrected chi connectivity index (χ4v) is 1.62. The zero-order valence-electron chi connectivity index (χ0n) is 12.6. The van der Waals surface area contributed by atoms with E-state index >= 15 is 0 Å². The molecule has 0 spiro atoms. The van der Waals surface area contributed by atoms with Crippen molar-refractivity contribution in [2.45, 2.75) is 52.9 Å². The summed E-state index contributed by atoms with van der Waals surface area (Å²) in [6.07, 6.45) is 2.84. The van der Waals surface area contributed by atoms with Gasteiger partial charge in [-0.15, -0.1) is 0 Å². The number of furan rings is 1.